The average molecular weight is 261 g/mol. The van der Waals surface area contributed by atoms with Gasteiger partial charge in [0.15, 0.2) is 0 Å². The van der Waals surface area contributed by atoms with E-state index in [0.29, 0.717) is 6.10 Å². The van der Waals surface area contributed by atoms with Gasteiger partial charge in [-0.1, -0.05) is 6.92 Å². The number of hydrogen-bond acceptors (Lipinski definition) is 3. The van der Waals surface area contributed by atoms with E-state index in [-0.39, 0.29) is 0 Å². The smallest absolute Gasteiger partial charge is 0.0829 e. The molecule has 0 bridgehead atoms. The van der Waals surface area contributed by atoms with Crippen LogP contribution < -0.4 is 0 Å². The molecular weight excluding hydrogens is 236 g/mol. The van der Waals surface area contributed by atoms with Crippen LogP contribution in [0.15, 0.2) is 0 Å². The molecule has 2 fully saturated rings. The van der Waals surface area contributed by atoms with Gasteiger partial charge in [-0.2, -0.15) is 0 Å². The van der Waals surface area contributed by atoms with Crippen molar-refractivity contribution >= 4 is 11.6 Å². The van der Waals surface area contributed by atoms with Crippen LogP contribution in [0.5, 0.6) is 0 Å². The zero-order chi connectivity index (χ0) is 12.1. The molecule has 0 radical (unpaired) electrons. The Labute approximate surface area is 110 Å². The van der Waals surface area contributed by atoms with Crippen LogP contribution in [0.4, 0.5) is 0 Å². The van der Waals surface area contributed by atoms with E-state index in [1.807, 2.05) is 0 Å². The Hall–Kier alpha value is 0.170. The van der Waals surface area contributed by atoms with E-state index >= 15 is 0 Å². The summed E-state index contributed by atoms with van der Waals surface area (Å²) >= 11 is 5.81. The molecule has 0 N–H and O–H groups in total. The quantitative estimate of drug-likeness (QED) is 0.700. The molecule has 0 aromatic carbocycles. The molecule has 0 aromatic heterocycles. The fourth-order valence-electron chi connectivity index (χ4n) is 2.93. The monoisotopic (exact) mass is 260 g/mol. The molecule has 0 saturated carbocycles. The Bertz CT molecular complexity index is 227. The van der Waals surface area contributed by atoms with Gasteiger partial charge in [0.25, 0.3) is 0 Å². The van der Waals surface area contributed by atoms with Crippen molar-refractivity contribution in [2.75, 3.05) is 51.8 Å². The SMILES string of the molecule is CCN1CCOC(CN2CCC(CCCl)C2)C1. The molecule has 2 heterocycles. The fraction of sp³-hybridized carbons (Fsp3) is 1.00. The highest BCUT2D eigenvalue weighted by Crippen LogP contribution is 2.21. The zero-order valence-corrected chi connectivity index (χ0v) is 11.7. The molecule has 0 spiro atoms. The second-order valence-corrected chi connectivity index (χ2v) is 5.66. The van der Waals surface area contributed by atoms with E-state index < -0.39 is 0 Å². The first kappa shape index (κ1) is 13.6. The van der Waals surface area contributed by atoms with Gasteiger partial charge in [-0.3, -0.25) is 4.90 Å². The number of rotatable bonds is 5. The Morgan fingerprint density at radius 1 is 1.24 bits per heavy atom. The Morgan fingerprint density at radius 3 is 2.88 bits per heavy atom. The molecule has 2 aliphatic rings. The molecule has 2 atom stereocenters. The second-order valence-electron chi connectivity index (χ2n) is 5.28. The first-order valence-electron chi connectivity index (χ1n) is 6.94. The molecular formula is C13H25ClN2O. The summed E-state index contributed by atoms with van der Waals surface area (Å²) in [6.07, 6.45) is 2.90. The summed E-state index contributed by atoms with van der Waals surface area (Å²) in [5.41, 5.74) is 0. The number of likely N-dealkylation sites (N-methyl/N-ethyl adjacent to an activating group) is 1. The molecule has 2 saturated heterocycles. The van der Waals surface area contributed by atoms with E-state index in [4.69, 9.17) is 16.3 Å². The molecule has 2 rings (SSSR count). The summed E-state index contributed by atoms with van der Waals surface area (Å²) in [5.74, 6) is 1.63. The van der Waals surface area contributed by atoms with Crippen molar-refractivity contribution < 1.29 is 4.74 Å². The third-order valence-corrected chi connectivity index (χ3v) is 4.24. The van der Waals surface area contributed by atoms with Gasteiger partial charge in [-0.25, -0.2) is 0 Å². The highest BCUT2D eigenvalue weighted by Gasteiger charge is 2.26. The fourth-order valence-corrected chi connectivity index (χ4v) is 3.24. The van der Waals surface area contributed by atoms with E-state index in [1.165, 1.54) is 25.9 Å². The normalized spacial score (nSPS) is 32.1. The topological polar surface area (TPSA) is 15.7 Å². The summed E-state index contributed by atoms with van der Waals surface area (Å²) in [4.78, 5) is 5.04. The van der Waals surface area contributed by atoms with Crippen LogP contribution in [0.25, 0.3) is 0 Å². The number of halogens is 1. The molecule has 2 aliphatic heterocycles. The molecule has 100 valence electrons. The Balaban J connectivity index is 1.70. The summed E-state index contributed by atoms with van der Waals surface area (Å²) in [7, 11) is 0. The van der Waals surface area contributed by atoms with Gasteiger partial charge in [0.2, 0.25) is 0 Å². The lowest BCUT2D eigenvalue weighted by Crippen LogP contribution is -2.47. The van der Waals surface area contributed by atoms with Gasteiger partial charge in [-0.05, 0) is 31.8 Å². The van der Waals surface area contributed by atoms with Crippen molar-refractivity contribution in [3.63, 3.8) is 0 Å². The zero-order valence-electron chi connectivity index (χ0n) is 10.9. The lowest BCUT2D eigenvalue weighted by molar-refractivity contribution is -0.0395. The number of nitrogens with zero attached hydrogens (tertiary/aromatic N) is 2. The summed E-state index contributed by atoms with van der Waals surface area (Å²) in [6.45, 7) is 10.0. The van der Waals surface area contributed by atoms with Crippen molar-refractivity contribution in [3.05, 3.63) is 0 Å². The van der Waals surface area contributed by atoms with Crippen LogP contribution in [0.1, 0.15) is 19.8 Å². The number of likely N-dealkylation sites (tertiary alicyclic amines) is 1. The number of morpholine rings is 1. The van der Waals surface area contributed by atoms with Gasteiger partial charge < -0.3 is 9.64 Å². The maximum absolute atomic E-state index is 5.86. The number of alkyl halides is 1. The lowest BCUT2D eigenvalue weighted by atomic mass is 10.1. The molecule has 2 unspecified atom stereocenters. The lowest BCUT2D eigenvalue weighted by Gasteiger charge is -2.34. The van der Waals surface area contributed by atoms with E-state index in [2.05, 4.69) is 16.7 Å². The highest BCUT2D eigenvalue weighted by molar-refractivity contribution is 6.17. The summed E-state index contributed by atoms with van der Waals surface area (Å²) < 4.78 is 5.86. The second kappa shape index (κ2) is 6.93. The first-order chi connectivity index (χ1) is 8.31. The maximum atomic E-state index is 5.86. The minimum absolute atomic E-state index is 0.415. The van der Waals surface area contributed by atoms with Crippen molar-refractivity contribution in [2.24, 2.45) is 5.92 Å². The standard InChI is InChI=1S/C13H25ClN2O/c1-2-15-7-8-17-13(10-15)11-16-6-4-12(9-16)3-5-14/h12-13H,2-11H2,1H3. The van der Waals surface area contributed by atoms with Crippen molar-refractivity contribution in [1.82, 2.24) is 9.80 Å². The van der Waals surface area contributed by atoms with Crippen LogP contribution in [0.2, 0.25) is 0 Å². The van der Waals surface area contributed by atoms with Crippen molar-refractivity contribution in [1.29, 1.82) is 0 Å². The van der Waals surface area contributed by atoms with Gasteiger partial charge >= 0.3 is 0 Å². The molecule has 17 heavy (non-hydrogen) atoms. The average Bonchev–Trinajstić information content (AvgIpc) is 2.77. The van der Waals surface area contributed by atoms with Gasteiger partial charge in [0.1, 0.15) is 0 Å². The molecule has 4 heteroatoms. The van der Waals surface area contributed by atoms with Crippen LogP contribution in [0, 0.1) is 5.92 Å². The van der Waals surface area contributed by atoms with Crippen LogP contribution in [0.3, 0.4) is 0 Å². The molecule has 0 aliphatic carbocycles. The third-order valence-electron chi connectivity index (χ3n) is 4.02. The minimum Gasteiger partial charge on any atom is -0.374 e. The minimum atomic E-state index is 0.415. The van der Waals surface area contributed by atoms with E-state index in [9.17, 15) is 0 Å². The Kier molecular flexibility index (Phi) is 5.54. The van der Waals surface area contributed by atoms with Gasteiger partial charge in [0.05, 0.1) is 12.7 Å². The molecule has 0 amide bonds. The number of hydrogen-bond donors (Lipinski definition) is 0. The van der Waals surface area contributed by atoms with Gasteiger partial charge in [-0.15, -0.1) is 11.6 Å². The van der Waals surface area contributed by atoms with E-state index in [0.717, 1.165) is 44.6 Å². The predicted molar refractivity (Wildman–Crippen MR) is 71.7 cm³/mol. The van der Waals surface area contributed by atoms with E-state index in [1.54, 1.807) is 0 Å². The predicted octanol–water partition coefficient (Wildman–Crippen LogP) is 1.66. The third kappa shape index (κ3) is 4.09. The van der Waals surface area contributed by atoms with Crippen molar-refractivity contribution in [3.8, 4) is 0 Å². The van der Waals surface area contributed by atoms with Crippen LogP contribution in [-0.4, -0.2) is 67.7 Å². The first-order valence-corrected chi connectivity index (χ1v) is 7.47. The van der Waals surface area contributed by atoms with Crippen LogP contribution in [-0.2, 0) is 4.74 Å². The molecule has 0 aromatic rings. The van der Waals surface area contributed by atoms with Gasteiger partial charge in [0, 0.05) is 32.1 Å². The largest absolute Gasteiger partial charge is 0.374 e. The summed E-state index contributed by atoms with van der Waals surface area (Å²) in [5, 5.41) is 0. The van der Waals surface area contributed by atoms with Crippen LogP contribution >= 0.6 is 11.6 Å². The number of ether oxygens (including phenoxy) is 1. The van der Waals surface area contributed by atoms with Crippen molar-refractivity contribution in [2.45, 2.75) is 25.9 Å². The Morgan fingerprint density at radius 2 is 2.12 bits per heavy atom. The molecule has 3 nitrogen and oxygen atoms in total. The highest BCUT2D eigenvalue weighted by atomic mass is 35.5. The maximum Gasteiger partial charge on any atom is 0.0829 e. The summed E-state index contributed by atoms with van der Waals surface area (Å²) in [6, 6.07) is 0.